The van der Waals surface area contributed by atoms with Crippen molar-refractivity contribution in [3.05, 3.63) is 35.1 Å². The van der Waals surface area contributed by atoms with E-state index in [9.17, 15) is 4.39 Å². The van der Waals surface area contributed by atoms with Crippen LogP contribution < -0.4 is 11.1 Å². The SMILES string of the molecule is COCC(CO)NCc1ccc(/C(N)=N/O)cc1F. The molecule has 0 spiro atoms. The van der Waals surface area contributed by atoms with Crippen LogP contribution in [-0.4, -0.2) is 42.5 Å². The fourth-order valence-corrected chi connectivity index (χ4v) is 1.54. The van der Waals surface area contributed by atoms with Gasteiger partial charge in [0.2, 0.25) is 0 Å². The molecule has 0 aliphatic heterocycles. The molecule has 1 rings (SSSR count). The van der Waals surface area contributed by atoms with Gasteiger partial charge < -0.3 is 26.1 Å². The molecule has 0 amide bonds. The minimum atomic E-state index is -0.467. The number of aliphatic hydroxyl groups excluding tert-OH is 1. The number of aliphatic hydroxyl groups is 1. The Hall–Kier alpha value is -1.70. The first-order chi connectivity index (χ1) is 9.12. The molecule has 0 bridgehead atoms. The first-order valence-electron chi connectivity index (χ1n) is 5.71. The average molecular weight is 271 g/mol. The van der Waals surface area contributed by atoms with Crippen LogP contribution in [0.4, 0.5) is 4.39 Å². The zero-order valence-corrected chi connectivity index (χ0v) is 10.6. The van der Waals surface area contributed by atoms with E-state index in [1.165, 1.54) is 19.2 Å². The van der Waals surface area contributed by atoms with Gasteiger partial charge in [-0.2, -0.15) is 0 Å². The molecule has 0 saturated carbocycles. The molecule has 0 fully saturated rings. The van der Waals surface area contributed by atoms with Gasteiger partial charge in [0.1, 0.15) is 5.82 Å². The monoisotopic (exact) mass is 271 g/mol. The number of nitrogens with zero attached hydrogens (tertiary/aromatic N) is 1. The fourth-order valence-electron chi connectivity index (χ4n) is 1.54. The lowest BCUT2D eigenvalue weighted by molar-refractivity contribution is 0.128. The van der Waals surface area contributed by atoms with Gasteiger partial charge >= 0.3 is 0 Å². The number of nitrogens with one attached hydrogen (secondary N) is 1. The van der Waals surface area contributed by atoms with Crippen LogP contribution in [0.1, 0.15) is 11.1 Å². The number of amidine groups is 1. The zero-order valence-electron chi connectivity index (χ0n) is 10.6. The zero-order chi connectivity index (χ0) is 14.3. The molecule has 1 unspecified atom stereocenters. The molecule has 0 heterocycles. The van der Waals surface area contributed by atoms with Crippen LogP contribution in [0.5, 0.6) is 0 Å². The molecule has 7 heteroatoms. The van der Waals surface area contributed by atoms with Crippen molar-refractivity contribution in [3.63, 3.8) is 0 Å². The van der Waals surface area contributed by atoms with Crippen molar-refractivity contribution in [2.24, 2.45) is 10.9 Å². The van der Waals surface area contributed by atoms with E-state index in [4.69, 9.17) is 20.8 Å². The minimum Gasteiger partial charge on any atom is -0.409 e. The van der Waals surface area contributed by atoms with Gasteiger partial charge in [0.05, 0.1) is 19.3 Å². The van der Waals surface area contributed by atoms with Crippen molar-refractivity contribution in [2.45, 2.75) is 12.6 Å². The van der Waals surface area contributed by atoms with E-state index in [1.807, 2.05) is 0 Å². The lowest BCUT2D eigenvalue weighted by Gasteiger charge is -2.15. The van der Waals surface area contributed by atoms with Gasteiger partial charge in [-0.25, -0.2) is 4.39 Å². The van der Waals surface area contributed by atoms with Crippen LogP contribution in [0.15, 0.2) is 23.4 Å². The van der Waals surface area contributed by atoms with Crippen molar-refractivity contribution < 1.29 is 19.4 Å². The number of hydrogen-bond acceptors (Lipinski definition) is 5. The van der Waals surface area contributed by atoms with Gasteiger partial charge in [-0.15, -0.1) is 0 Å². The van der Waals surface area contributed by atoms with Gasteiger partial charge in [-0.1, -0.05) is 17.3 Å². The second-order valence-corrected chi connectivity index (χ2v) is 4.01. The Kier molecular flexibility index (Phi) is 6.20. The van der Waals surface area contributed by atoms with E-state index in [2.05, 4.69) is 10.5 Å². The van der Waals surface area contributed by atoms with E-state index < -0.39 is 5.82 Å². The number of halogens is 1. The Labute approximate surface area is 110 Å². The molecule has 1 aromatic rings. The summed E-state index contributed by atoms with van der Waals surface area (Å²) < 4.78 is 18.7. The highest BCUT2D eigenvalue weighted by Crippen LogP contribution is 2.10. The van der Waals surface area contributed by atoms with E-state index in [0.29, 0.717) is 17.7 Å². The Bertz CT molecular complexity index is 440. The highest BCUT2D eigenvalue weighted by Gasteiger charge is 2.10. The normalized spacial score (nSPS) is 13.5. The number of hydrogen-bond donors (Lipinski definition) is 4. The van der Waals surface area contributed by atoms with Crippen molar-refractivity contribution in [3.8, 4) is 0 Å². The van der Waals surface area contributed by atoms with Crippen molar-refractivity contribution in [1.29, 1.82) is 0 Å². The maximum absolute atomic E-state index is 13.8. The molecule has 6 nitrogen and oxygen atoms in total. The van der Waals surface area contributed by atoms with Gasteiger partial charge in [0, 0.05) is 24.8 Å². The highest BCUT2D eigenvalue weighted by atomic mass is 19.1. The topological polar surface area (TPSA) is 100 Å². The quantitative estimate of drug-likeness (QED) is 0.242. The summed E-state index contributed by atoms with van der Waals surface area (Å²) in [6.45, 7) is 0.481. The molecular weight excluding hydrogens is 253 g/mol. The van der Waals surface area contributed by atoms with Crippen molar-refractivity contribution in [1.82, 2.24) is 5.32 Å². The maximum Gasteiger partial charge on any atom is 0.170 e. The molecule has 0 aliphatic rings. The Morgan fingerprint density at radius 1 is 1.58 bits per heavy atom. The number of benzene rings is 1. The summed E-state index contributed by atoms with van der Waals surface area (Å²) in [5.41, 5.74) is 6.09. The van der Waals surface area contributed by atoms with E-state index in [-0.39, 0.29) is 25.0 Å². The second kappa shape index (κ2) is 7.67. The molecule has 19 heavy (non-hydrogen) atoms. The van der Waals surface area contributed by atoms with Crippen LogP contribution in [0, 0.1) is 5.82 Å². The largest absolute Gasteiger partial charge is 0.409 e. The number of oxime groups is 1. The summed E-state index contributed by atoms with van der Waals surface area (Å²) in [7, 11) is 1.52. The summed E-state index contributed by atoms with van der Waals surface area (Å²) in [6, 6.07) is 4.03. The molecule has 0 aliphatic carbocycles. The molecule has 1 atom stereocenters. The predicted molar refractivity (Wildman–Crippen MR) is 68.5 cm³/mol. The Balaban J connectivity index is 2.70. The smallest absolute Gasteiger partial charge is 0.170 e. The standard InChI is InChI=1S/C12H18FN3O3/c1-19-7-10(6-17)15-5-9-3-2-8(4-11(9)13)12(14)16-18/h2-4,10,15,17-18H,5-7H2,1H3,(H2,14,16). The number of rotatable bonds is 7. The summed E-state index contributed by atoms with van der Waals surface area (Å²) in [4.78, 5) is 0. The van der Waals surface area contributed by atoms with Crippen LogP contribution in [0.3, 0.4) is 0 Å². The summed E-state index contributed by atoms with van der Waals surface area (Å²) in [6.07, 6.45) is 0. The molecule has 0 radical (unpaired) electrons. The number of ether oxygens (including phenoxy) is 1. The maximum atomic E-state index is 13.8. The second-order valence-electron chi connectivity index (χ2n) is 4.01. The summed E-state index contributed by atoms with van der Waals surface area (Å²) in [5.74, 6) is -0.614. The lowest BCUT2D eigenvalue weighted by Crippen LogP contribution is -2.36. The third-order valence-corrected chi connectivity index (χ3v) is 2.63. The van der Waals surface area contributed by atoms with E-state index in [1.54, 1.807) is 6.07 Å². The Morgan fingerprint density at radius 2 is 2.32 bits per heavy atom. The van der Waals surface area contributed by atoms with Gasteiger partial charge in [-0.3, -0.25) is 0 Å². The molecule has 5 N–H and O–H groups in total. The minimum absolute atomic E-state index is 0.0995. The summed E-state index contributed by atoms with van der Waals surface area (Å²) >= 11 is 0. The fraction of sp³-hybridized carbons (Fsp3) is 0.417. The van der Waals surface area contributed by atoms with Crippen LogP contribution in [0.25, 0.3) is 0 Å². The molecule has 106 valence electrons. The Morgan fingerprint density at radius 3 is 2.84 bits per heavy atom. The lowest BCUT2D eigenvalue weighted by atomic mass is 10.1. The van der Waals surface area contributed by atoms with Crippen molar-refractivity contribution in [2.75, 3.05) is 20.3 Å². The third-order valence-electron chi connectivity index (χ3n) is 2.63. The molecule has 0 aromatic heterocycles. The van der Waals surface area contributed by atoms with Crippen LogP contribution in [-0.2, 0) is 11.3 Å². The van der Waals surface area contributed by atoms with Gasteiger partial charge in [-0.05, 0) is 6.07 Å². The number of nitrogens with two attached hydrogens (primary N) is 1. The van der Waals surface area contributed by atoms with Crippen LogP contribution in [0.2, 0.25) is 0 Å². The number of methoxy groups -OCH3 is 1. The van der Waals surface area contributed by atoms with Gasteiger partial charge in [0.15, 0.2) is 5.84 Å². The molecule has 0 saturated heterocycles. The van der Waals surface area contributed by atoms with Gasteiger partial charge in [0.25, 0.3) is 0 Å². The highest BCUT2D eigenvalue weighted by molar-refractivity contribution is 5.97. The molecule has 1 aromatic carbocycles. The predicted octanol–water partition coefficient (Wildman–Crippen LogP) is 0.0171. The third kappa shape index (κ3) is 4.47. The van der Waals surface area contributed by atoms with E-state index in [0.717, 1.165) is 0 Å². The van der Waals surface area contributed by atoms with E-state index >= 15 is 0 Å². The van der Waals surface area contributed by atoms with Crippen molar-refractivity contribution >= 4 is 5.84 Å². The first kappa shape index (κ1) is 15.4. The summed E-state index contributed by atoms with van der Waals surface area (Å²) in [5, 5.41) is 23.3. The average Bonchev–Trinajstić information content (AvgIpc) is 2.43. The van der Waals surface area contributed by atoms with Crippen LogP contribution >= 0.6 is 0 Å². The molecular formula is C12H18FN3O3. The first-order valence-corrected chi connectivity index (χ1v) is 5.71.